The Labute approximate surface area is 317 Å². The maximum Gasteiger partial charge on any atom is 0.0541 e. The lowest BCUT2D eigenvalue weighted by molar-refractivity contribution is 0.616. The molecule has 0 bridgehead atoms. The average Bonchev–Trinajstić information content (AvgIpc) is 3.58. The van der Waals surface area contributed by atoms with Gasteiger partial charge in [0.1, 0.15) is 0 Å². The van der Waals surface area contributed by atoms with Crippen LogP contribution in [0.1, 0.15) is 29.0 Å². The van der Waals surface area contributed by atoms with E-state index in [0.717, 1.165) is 42.0 Å². The SMILES string of the molecule is c1ccc(N(c2ccc(-c3ccc(CCC4Cc5ccccc5-c5ccccc54)cc3)cc2)c2ccc(-n3c4ccccc4c4ccccc43)cc2)cc1. The van der Waals surface area contributed by atoms with Crippen molar-refractivity contribution in [2.75, 3.05) is 4.90 Å². The van der Waals surface area contributed by atoms with E-state index in [1.165, 1.54) is 60.8 Å². The van der Waals surface area contributed by atoms with Gasteiger partial charge in [-0.2, -0.15) is 0 Å². The van der Waals surface area contributed by atoms with Gasteiger partial charge in [0.25, 0.3) is 0 Å². The fraction of sp³-hybridized carbons (Fsp3) is 0.0769. The maximum absolute atomic E-state index is 2.37. The molecule has 0 amide bonds. The molecule has 0 aliphatic heterocycles. The molecule has 9 aromatic rings. The van der Waals surface area contributed by atoms with Crippen molar-refractivity contribution in [1.29, 1.82) is 0 Å². The van der Waals surface area contributed by atoms with Gasteiger partial charge in [-0.15, -0.1) is 0 Å². The lowest BCUT2D eigenvalue weighted by Gasteiger charge is -2.28. The molecule has 1 aromatic heterocycles. The molecule has 0 N–H and O–H groups in total. The molecule has 0 saturated heterocycles. The van der Waals surface area contributed by atoms with Crippen LogP contribution in [0.15, 0.2) is 200 Å². The van der Waals surface area contributed by atoms with Crippen LogP contribution < -0.4 is 4.90 Å². The van der Waals surface area contributed by atoms with E-state index in [9.17, 15) is 0 Å². The highest BCUT2D eigenvalue weighted by Gasteiger charge is 2.24. The summed E-state index contributed by atoms with van der Waals surface area (Å²) in [5.74, 6) is 0.542. The minimum Gasteiger partial charge on any atom is -0.311 e. The molecule has 1 unspecified atom stereocenters. The summed E-state index contributed by atoms with van der Waals surface area (Å²) in [7, 11) is 0. The second-order valence-corrected chi connectivity index (χ2v) is 14.5. The van der Waals surface area contributed by atoms with Crippen molar-refractivity contribution in [2.45, 2.75) is 25.2 Å². The summed E-state index contributed by atoms with van der Waals surface area (Å²) in [6.07, 6.45) is 3.33. The zero-order valence-electron chi connectivity index (χ0n) is 30.1. The van der Waals surface area contributed by atoms with E-state index in [1.807, 2.05) is 0 Å². The maximum atomic E-state index is 2.37. The number of aromatic nitrogens is 1. The Morgan fingerprint density at radius 1 is 0.444 bits per heavy atom. The van der Waals surface area contributed by atoms with Crippen molar-refractivity contribution in [2.24, 2.45) is 0 Å². The molecule has 2 nitrogen and oxygen atoms in total. The zero-order valence-corrected chi connectivity index (χ0v) is 30.1. The van der Waals surface area contributed by atoms with Crippen molar-refractivity contribution in [1.82, 2.24) is 4.57 Å². The van der Waals surface area contributed by atoms with E-state index in [4.69, 9.17) is 0 Å². The number of hydrogen-bond acceptors (Lipinski definition) is 1. The summed E-state index contributed by atoms with van der Waals surface area (Å²) in [5.41, 5.74) is 16.6. The Bertz CT molecular complexity index is 2670. The first-order valence-electron chi connectivity index (χ1n) is 19.1. The number of hydrogen-bond donors (Lipinski definition) is 0. The standard InChI is InChI=1S/C52H40N2/c1-2-13-42(14-3-1)53(44-32-34-45(35-33-44)54-51-20-10-8-18-49(51)50-19-9-11-21-52(50)54)43-30-28-39(29-31-43)38-25-22-37(23-26-38)24-27-41-36-40-12-4-5-15-46(40)48-17-7-6-16-47(41)48/h1-23,25-26,28-35,41H,24,27,36H2. The van der Waals surface area contributed by atoms with Gasteiger partial charge in [0, 0.05) is 33.5 Å². The van der Waals surface area contributed by atoms with Gasteiger partial charge in [-0.25, -0.2) is 0 Å². The number of benzene rings is 8. The van der Waals surface area contributed by atoms with Crippen LogP contribution in [0.25, 0.3) is 49.7 Å². The van der Waals surface area contributed by atoms with Crippen molar-refractivity contribution in [3.05, 3.63) is 217 Å². The van der Waals surface area contributed by atoms with E-state index < -0.39 is 0 Å². The van der Waals surface area contributed by atoms with Gasteiger partial charge >= 0.3 is 0 Å². The Balaban J connectivity index is 0.893. The van der Waals surface area contributed by atoms with Crippen LogP contribution in [0.2, 0.25) is 0 Å². The van der Waals surface area contributed by atoms with E-state index in [1.54, 1.807) is 0 Å². The van der Waals surface area contributed by atoms with Crippen LogP contribution in [0.5, 0.6) is 0 Å². The Hall–Kier alpha value is -6.64. The van der Waals surface area contributed by atoms with Crippen molar-refractivity contribution in [3.63, 3.8) is 0 Å². The fourth-order valence-corrected chi connectivity index (χ4v) is 8.68. The van der Waals surface area contributed by atoms with Crippen LogP contribution >= 0.6 is 0 Å². The molecule has 0 saturated carbocycles. The number of para-hydroxylation sites is 3. The molecule has 1 heterocycles. The third-order valence-electron chi connectivity index (χ3n) is 11.3. The zero-order chi connectivity index (χ0) is 35.8. The number of rotatable bonds is 8. The van der Waals surface area contributed by atoms with Gasteiger partial charge in [-0.3, -0.25) is 0 Å². The van der Waals surface area contributed by atoms with Gasteiger partial charge in [0.15, 0.2) is 0 Å². The molecule has 258 valence electrons. The highest BCUT2D eigenvalue weighted by atomic mass is 15.1. The molecule has 0 fully saturated rings. The lowest BCUT2D eigenvalue weighted by atomic mass is 9.76. The second-order valence-electron chi connectivity index (χ2n) is 14.5. The molecule has 8 aromatic carbocycles. The van der Waals surface area contributed by atoms with Gasteiger partial charge in [-0.05, 0) is 125 Å². The number of aryl methyl sites for hydroxylation is 1. The molecule has 1 aliphatic carbocycles. The quantitative estimate of drug-likeness (QED) is 0.154. The summed E-state index contributed by atoms with van der Waals surface area (Å²) >= 11 is 0. The summed E-state index contributed by atoms with van der Waals surface area (Å²) in [6.45, 7) is 0. The van der Waals surface area contributed by atoms with Crippen LogP contribution in [-0.2, 0) is 12.8 Å². The van der Waals surface area contributed by atoms with Crippen LogP contribution in [0.3, 0.4) is 0 Å². The Kier molecular flexibility index (Phi) is 8.15. The molecule has 2 heteroatoms. The molecular formula is C52H40N2. The third-order valence-corrected chi connectivity index (χ3v) is 11.3. The minimum absolute atomic E-state index is 0.542. The van der Waals surface area contributed by atoms with Gasteiger partial charge in [0.2, 0.25) is 0 Å². The van der Waals surface area contributed by atoms with Crippen molar-refractivity contribution >= 4 is 38.9 Å². The lowest BCUT2D eigenvalue weighted by Crippen LogP contribution is -2.12. The third kappa shape index (κ3) is 5.77. The number of fused-ring (bicyclic) bond motifs is 6. The van der Waals surface area contributed by atoms with Crippen molar-refractivity contribution < 1.29 is 0 Å². The molecule has 0 radical (unpaired) electrons. The molecule has 0 spiro atoms. The van der Waals surface area contributed by atoms with E-state index in [2.05, 4.69) is 210 Å². The molecule has 1 aliphatic rings. The predicted octanol–water partition coefficient (Wildman–Crippen LogP) is 13.9. The average molecular weight is 693 g/mol. The van der Waals surface area contributed by atoms with Crippen LogP contribution in [-0.4, -0.2) is 4.57 Å². The second kappa shape index (κ2) is 13.7. The summed E-state index contributed by atoms with van der Waals surface area (Å²) in [4.78, 5) is 2.34. The summed E-state index contributed by atoms with van der Waals surface area (Å²) in [6, 6.07) is 73.1. The van der Waals surface area contributed by atoms with E-state index in [0.29, 0.717) is 5.92 Å². The Morgan fingerprint density at radius 2 is 0.963 bits per heavy atom. The number of nitrogens with zero attached hydrogens (tertiary/aromatic N) is 2. The minimum atomic E-state index is 0.542. The number of anilines is 3. The Morgan fingerprint density at radius 3 is 1.65 bits per heavy atom. The van der Waals surface area contributed by atoms with E-state index >= 15 is 0 Å². The molecule has 1 atom stereocenters. The first-order valence-corrected chi connectivity index (χ1v) is 19.1. The molecule has 10 rings (SSSR count). The highest BCUT2D eigenvalue weighted by molar-refractivity contribution is 6.09. The monoisotopic (exact) mass is 692 g/mol. The first kappa shape index (κ1) is 32.0. The van der Waals surface area contributed by atoms with Gasteiger partial charge < -0.3 is 9.47 Å². The predicted molar refractivity (Wildman–Crippen MR) is 228 cm³/mol. The normalized spacial score (nSPS) is 13.4. The van der Waals surface area contributed by atoms with Gasteiger partial charge in [0.05, 0.1) is 11.0 Å². The summed E-state index contributed by atoms with van der Waals surface area (Å²) in [5, 5.41) is 2.55. The molecule has 54 heavy (non-hydrogen) atoms. The van der Waals surface area contributed by atoms with E-state index in [-0.39, 0.29) is 0 Å². The summed E-state index contributed by atoms with van der Waals surface area (Å²) < 4.78 is 2.37. The fourth-order valence-electron chi connectivity index (χ4n) is 8.68. The molecular weight excluding hydrogens is 653 g/mol. The van der Waals surface area contributed by atoms with Crippen LogP contribution in [0.4, 0.5) is 17.1 Å². The van der Waals surface area contributed by atoms with Crippen molar-refractivity contribution in [3.8, 4) is 27.9 Å². The first-order chi connectivity index (χ1) is 26.8. The smallest absolute Gasteiger partial charge is 0.0541 e. The van der Waals surface area contributed by atoms with Crippen LogP contribution in [0, 0.1) is 0 Å². The highest BCUT2D eigenvalue weighted by Crippen LogP contribution is 2.42. The van der Waals surface area contributed by atoms with Gasteiger partial charge in [-0.1, -0.05) is 140 Å². The largest absolute Gasteiger partial charge is 0.311 e. The topological polar surface area (TPSA) is 8.17 Å².